The molecule has 1 aliphatic carbocycles. The lowest BCUT2D eigenvalue weighted by atomic mass is 9.85. The minimum Gasteiger partial charge on any atom is -0.306 e. The van der Waals surface area contributed by atoms with Crippen molar-refractivity contribution in [2.75, 3.05) is 20.1 Å². The monoisotopic (exact) mass is 194 g/mol. The Morgan fingerprint density at radius 3 is 2.43 bits per heavy atom. The standard InChI is InChI=1S/C13H21N/c1-10(2)4-7-13-11-5-6-12(13)9-14(3)8-11/h10-13H,5-6,8-9H2,1-3H3/t11-,12+,13?/i3D3. The molecule has 1 heterocycles. The van der Waals surface area contributed by atoms with Gasteiger partial charge in [0.15, 0.2) is 0 Å². The Bertz CT molecular complexity index is 323. The van der Waals surface area contributed by atoms with E-state index in [4.69, 9.17) is 4.11 Å². The van der Waals surface area contributed by atoms with Gasteiger partial charge in [0.1, 0.15) is 0 Å². The maximum atomic E-state index is 7.49. The summed E-state index contributed by atoms with van der Waals surface area (Å²) < 4.78 is 22.5. The molecular weight excluding hydrogens is 170 g/mol. The summed E-state index contributed by atoms with van der Waals surface area (Å²) in [6.07, 6.45) is 2.30. The molecule has 2 rings (SSSR count). The number of hydrogen-bond donors (Lipinski definition) is 0. The van der Waals surface area contributed by atoms with Crippen molar-refractivity contribution in [1.82, 2.24) is 4.90 Å². The molecule has 1 saturated heterocycles. The third-order valence-corrected chi connectivity index (χ3v) is 3.37. The van der Waals surface area contributed by atoms with Crippen molar-refractivity contribution in [3.63, 3.8) is 0 Å². The van der Waals surface area contributed by atoms with Gasteiger partial charge in [0.25, 0.3) is 0 Å². The van der Waals surface area contributed by atoms with Gasteiger partial charge in [-0.1, -0.05) is 19.8 Å². The van der Waals surface area contributed by atoms with Crippen molar-refractivity contribution < 1.29 is 4.11 Å². The Morgan fingerprint density at radius 1 is 1.29 bits per heavy atom. The SMILES string of the molecule is [2H]C([2H])([2H])N1C[C@H]2CC[C@@H](C1)C2C#CC(C)C. The molecule has 0 N–H and O–H groups in total. The minimum absolute atomic E-state index is 0.412. The zero-order valence-corrected chi connectivity index (χ0v) is 9.09. The van der Waals surface area contributed by atoms with Crippen molar-refractivity contribution in [2.24, 2.45) is 23.7 Å². The maximum absolute atomic E-state index is 7.49. The fraction of sp³-hybridized carbons (Fsp3) is 0.846. The number of likely N-dealkylation sites (tertiary alicyclic amines) is 1. The Balaban J connectivity index is 2.06. The van der Waals surface area contributed by atoms with Crippen LogP contribution in [-0.2, 0) is 0 Å². The summed E-state index contributed by atoms with van der Waals surface area (Å²) in [7, 11) is 0. The molecular formula is C13H21N. The molecule has 2 aliphatic rings. The molecule has 14 heavy (non-hydrogen) atoms. The zero-order chi connectivity index (χ0) is 12.6. The molecule has 0 aromatic rings. The number of rotatable bonds is 0. The molecule has 2 fully saturated rings. The highest BCUT2D eigenvalue weighted by Gasteiger charge is 2.39. The molecule has 0 spiro atoms. The maximum Gasteiger partial charge on any atom is 0.0394 e. The van der Waals surface area contributed by atoms with Gasteiger partial charge in [-0.05, 0) is 31.7 Å². The molecule has 1 unspecified atom stereocenters. The molecule has 0 radical (unpaired) electrons. The number of piperidine rings is 1. The summed E-state index contributed by atoms with van der Waals surface area (Å²) in [6.45, 7) is 3.69. The van der Waals surface area contributed by atoms with Gasteiger partial charge in [-0.3, -0.25) is 0 Å². The van der Waals surface area contributed by atoms with Crippen LogP contribution in [0.2, 0.25) is 0 Å². The molecule has 1 heteroatoms. The highest BCUT2D eigenvalue weighted by Crippen LogP contribution is 2.40. The fourth-order valence-corrected chi connectivity index (χ4v) is 2.72. The fourth-order valence-electron chi connectivity index (χ4n) is 2.72. The molecule has 0 aromatic carbocycles. The van der Waals surface area contributed by atoms with E-state index in [-0.39, 0.29) is 0 Å². The van der Waals surface area contributed by atoms with E-state index >= 15 is 0 Å². The lowest BCUT2D eigenvalue weighted by molar-refractivity contribution is 0.166. The van der Waals surface area contributed by atoms with E-state index in [2.05, 4.69) is 25.7 Å². The smallest absolute Gasteiger partial charge is 0.0394 e. The van der Waals surface area contributed by atoms with Gasteiger partial charge >= 0.3 is 0 Å². The van der Waals surface area contributed by atoms with Gasteiger partial charge in [-0.25, -0.2) is 0 Å². The second-order valence-corrected chi connectivity index (χ2v) is 4.97. The van der Waals surface area contributed by atoms with Crippen LogP contribution < -0.4 is 0 Å². The van der Waals surface area contributed by atoms with Gasteiger partial charge in [-0.2, -0.15) is 0 Å². The van der Waals surface area contributed by atoms with Crippen LogP contribution in [0.5, 0.6) is 0 Å². The van der Waals surface area contributed by atoms with E-state index in [1.165, 1.54) is 0 Å². The van der Waals surface area contributed by atoms with Gasteiger partial charge in [0, 0.05) is 29.0 Å². The van der Waals surface area contributed by atoms with Gasteiger partial charge in [0.05, 0.1) is 0 Å². The molecule has 0 amide bonds. The average molecular weight is 194 g/mol. The molecule has 1 saturated carbocycles. The van der Waals surface area contributed by atoms with Gasteiger partial charge in [-0.15, -0.1) is 5.92 Å². The number of nitrogens with zero attached hydrogens (tertiary/aromatic N) is 1. The second kappa shape index (κ2) is 3.95. The minimum atomic E-state index is -1.92. The third-order valence-electron chi connectivity index (χ3n) is 3.37. The third kappa shape index (κ3) is 1.96. The largest absolute Gasteiger partial charge is 0.306 e. The van der Waals surface area contributed by atoms with E-state index < -0.39 is 6.98 Å². The quantitative estimate of drug-likeness (QED) is 0.535. The van der Waals surface area contributed by atoms with Crippen LogP contribution in [-0.4, -0.2) is 25.0 Å². The van der Waals surface area contributed by atoms with Crippen LogP contribution in [0.4, 0.5) is 0 Å². The normalized spacial score (nSPS) is 41.1. The summed E-state index contributed by atoms with van der Waals surface area (Å²) in [5.41, 5.74) is 0. The summed E-state index contributed by atoms with van der Waals surface area (Å²) >= 11 is 0. The topological polar surface area (TPSA) is 3.24 Å². The number of fused-ring (bicyclic) bond motifs is 2. The Labute approximate surface area is 92.1 Å². The van der Waals surface area contributed by atoms with E-state index in [0.29, 0.717) is 36.8 Å². The highest BCUT2D eigenvalue weighted by molar-refractivity contribution is 5.12. The Kier molecular flexibility index (Phi) is 1.95. The van der Waals surface area contributed by atoms with Crippen molar-refractivity contribution >= 4 is 0 Å². The lowest BCUT2D eigenvalue weighted by Gasteiger charge is -2.33. The predicted molar refractivity (Wildman–Crippen MR) is 59.8 cm³/mol. The van der Waals surface area contributed by atoms with Gasteiger partial charge < -0.3 is 4.90 Å². The molecule has 1 nitrogen and oxygen atoms in total. The molecule has 3 atom stereocenters. The van der Waals surface area contributed by atoms with Crippen LogP contribution in [0, 0.1) is 35.5 Å². The average Bonchev–Trinajstić information content (AvgIpc) is 2.45. The molecule has 2 bridgehead atoms. The first-order chi connectivity index (χ1) is 7.88. The van der Waals surface area contributed by atoms with Crippen LogP contribution in [0.3, 0.4) is 0 Å². The van der Waals surface area contributed by atoms with E-state index in [0.717, 1.165) is 12.8 Å². The molecule has 78 valence electrons. The first-order valence-electron chi connectivity index (χ1n) is 7.14. The van der Waals surface area contributed by atoms with Crippen molar-refractivity contribution in [3.05, 3.63) is 0 Å². The van der Waals surface area contributed by atoms with E-state index in [1.807, 2.05) is 0 Å². The second-order valence-electron chi connectivity index (χ2n) is 4.97. The zero-order valence-electron chi connectivity index (χ0n) is 12.1. The van der Waals surface area contributed by atoms with Crippen LogP contribution in [0.25, 0.3) is 0 Å². The predicted octanol–water partition coefficient (Wildman–Crippen LogP) is 2.23. The van der Waals surface area contributed by atoms with Crippen LogP contribution in [0.1, 0.15) is 30.8 Å². The highest BCUT2D eigenvalue weighted by atomic mass is 15.1. The van der Waals surface area contributed by atoms with E-state index in [9.17, 15) is 0 Å². The first kappa shape index (κ1) is 6.90. The van der Waals surface area contributed by atoms with Crippen LogP contribution >= 0.6 is 0 Å². The Morgan fingerprint density at radius 2 is 1.93 bits per heavy atom. The van der Waals surface area contributed by atoms with Crippen molar-refractivity contribution in [1.29, 1.82) is 0 Å². The number of hydrogen-bond acceptors (Lipinski definition) is 1. The summed E-state index contributed by atoms with van der Waals surface area (Å²) in [5.74, 6) is 8.45. The summed E-state index contributed by atoms with van der Waals surface area (Å²) in [6, 6.07) is 0. The summed E-state index contributed by atoms with van der Waals surface area (Å²) in [5, 5.41) is 0. The van der Waals surface area contributed by atoms with Gasteiger partial charge in [0.2, 0.25) is 0 Å². The molecule has 0 aromatic heterocycles. The lowest BCUT2D eigenvalue weighted by Crippen LogP contribution is -2.38. The summed E-state index contributed by atoms with van der Waals surface area (Å²) in [4.78, 5) is 1.67. The Hall–Kier alpha value is -0.480. The molecule has 1 aliphatic heterocycles. The van der Waals surface area contributed by atoms with Crippen LogP contribution in [0.15, 0.2) is 0 Å². The van der Waals surface area contributed by atoms with Crippen molar-refractivity contribution in [3.8, 4) is 11.8 Å². The van der Waals surface area contributed by atoms with Crippen molar-refractivity contribution in [2.45, 2.75) is 26.7 Å². The van der Waals surface area contributed by atoms with E-state index in [1.54, 1.807) is 4.90 Å². The first-order valence-corrected chi connectivity index (χ1v) is 5.64.